The SMILES string of the molecule is CC(C)(N)C(=O)N1CCN(C(=O)Nc2ccn(-c3ccc(CN4CC5C(N)C5(C)C4)cc3)c(=O)n2)CC1. The van der Waals surface area contributed by atoms with Crippen LogP contribution < -0.4 is 22.5 Å². The number of carbonyl (C=O) groups excluding carboxylic acids is 2. The summed E-state index contributed by atoms with van der Waals surface area (Å²) in [6, 6.07) is 9.45. The number of nitrogens with zero attached hydrogens (tertiary/aromatic N) is 5. The van der Waals surface area contributed by atoms with Crippen molar-refractivity contribution in [3.05, 3.63) is 52.6 Å². The minimum absolute atomic E-state index is 0.141. The number of likely N-dealkylation sites (tertiary alicyclic amines) is 1. The van der Waals surface area contributed by atoms with Crippen molar-refractivity contribution in [2.45, 2.75) is 38.9 Å². The summed E-state index contributed by atoms with van der Waals surface area (Å²) in [5, 5.41) is 2.69. The summed E-state index contributed by atoms with van der Waals surface area (Å²) in [6.45, 7) is 10.1. The van der Waals surface area contributed by atoms with Crippen LogP contribution in [-0.2, 0) is 11.3 Å². The Morgan fingerprint density at radius 1 is 1.11 bits per heavy atom. The molecule has 3 atom stereocenters. The van der Waals surface area contributed by atoms with Crippen molar-refractivity contribution in [3.8, 4) is 5.69 Å². The summed E-state index contributed by atoms with van der Waals surface area (Å²) in [7, 11) is 0. The molecule has 3 aliphatic rings. The van der Waals surface area contributed by atoms with Gasteiger partial charge >= 0.3 is 11.7 Å². The fourth-order valence-corrected chi connectivity index (χ4v) is 5.59. The fraction of sp³-hybridized carbons (Fsp3) is 0.538. The summed E-state index contributed by atoms with van der Waals surface area (Å²) in [6.07, 6.45) is 1.61. The van der Waals surface area contributed by atoms with Gasteiger partial charge in [0.15, 0.2) is 0 Å². The summed E-state index contributed by atoms with van der Waals surface area (Å²) in [5.74, 6) is 0.647. The summed E-state index contributed by atoms with van der Waals surface area (Å²) >= 11 is 0. The fourth-order valence-electron chi connectivity index (χ4n) is 5.59. The molecule has 1 aromatic heterocycles. The number of piperidine rings is 1. The maximum atomic E-state index is 12.7. The summed E-state index contributed by atoms with van der Waals surface area (Å²) in [4.78, 5) is 47.4. The Morgan fingerprint density at radius 2 is 1.76 bits per heavy atom. The third-order valence-corrected chi connectivity index (χ3v) is 8.02. The highest BCUT2D eigenvalue weighted by Crippen LogP contribution is 2.56. The van der Waals surface area contributed by atoms with Gasteiger partial charge in [-0.2, -0.15) is 4.98 Å². The second kappa shape index (κ2) is 9.23. The number of rotatable bonds is 5. The van der Waals surface area contributed by atoms with Crippen molar-refractivity contribution in [1.29, 1.82) is 0 Å². The van der Waals surface area contributed by atoms with Crippen molar-refractivity contribution < 1.29 is 9.59 Å². The number of hydrogen-bond donors (Lipinski definition) is 3. The Morgan fingerprint density at radius 3 is 2.32 bits per heavy atom. The molecule has 3 heterocycles. The normalized spacial score (nSPS) is 25.6. The van der Waals surface area contributed by atoms with E-state index in [-0.39, 0.29) is 23.2 Å². The molecule has 5 N–H and O–H groups in total. The highest BCUT2D eigenvalue weighted by molar-refractivity contribution is 5.89. The highest BCUT2D eigenvalue weighted by Gasteiger charge is 2.63. The molecule has 11 heteroatoms. The number of aromatic nitrogens is 2. The number of nitrogens with one attached hydrogen (secondary N) is 1. The Labute approximate surface area is 216 Å². The van der Waals surface area contributed by atoms with Crippen LogP contribution in [0.15, 0.2) is 41.3 Å². The number of anilines is 1. The van der Waals surface area contributed by atoms with E-state index in [1.165, 1.54) is 10.1 Å². The molecular weight excluding hydrogens is 472 g/mol. The zero-order chi connectivity index (χ0) is 26.5. The second-order valence-corrected chi connectivity index (χ2v) is 11.4. The second-order valence-electron chi connectivity index (χ2n) is 11.4. The first-order chi connectivity index (χ1) is 17.5. The zero-order valence-corrected chi connectivity index (χ0v) is 21.7. The lowest BCUT2D eigenvalue weighted by atomic mass is 10.1. The number of amides is 3. The van der Waals surface area contributed by atoms with Gasteiger partial charge in [0.25, 0.3) is 0 Å². The average Bonchev–Trinajstić information content (AvgIpc) is 3.17. The van der Waals surface area contributed by atoms with E-state index >= 15 is 0 Å². The van der Waals surface area contributed by atoms with Crippen LogP contribution >= 0.6 is 0 Å². The number of fused-ring (bicyclic) bond motifs is 1. The van der Waals surface area contributed by atoms with Gasteiger partial charge in [-0.3, -0.25) is 19.6 Å². The molecule has 37 heavy (non-hydrogen) atoms. The van der Waals surface area contributed by atoms with Crippen molar-refractivity contribution in [2.24, 2.45) is 22.8 Å². The van der Waals surface area contributed by atoms with E-state index in [4.69, 9.17) is 11.5 Å². The number of nitrogens with two attached hydrogens (primary N) is 2. The van der Waals surface area contributed by atoms with E-state index in [1.807, 2.05) is 24.3 Å². The van der Waals surface area contributed by atoms with Gasteiger partial charge < -0.3 is 21.3 Å². The first kappa shape index (κ1) is 25.4. The highest BCUT2D eigenvalue weighted by atomic mass is 16.2. The van der Waals surface area contributed by atoms with Gasteiger partial charge in [-0.1, -0.05) is 19.1 Å². The predicted molar refractivity (Wildman–Crippen MR) is 140 cm³/mol. The van der Waals surface area contributed by atoms with Gasteiger partial charge in [0, 0.05) is 63.5 Å². The van der Waals surface area contributed by atoms with Crippen molar-refractivity contribution in [3.63, 3.8) is 0 Å². The molecule has 0 bridgehead atoms. The molecule has 11 nitrogen and oxygen atoms in total. The predicted octanol–water partition coefficient (Wildman–Crippen LogP) is 0.425. The lowest BCUT2D eigenvalue weighted by molar-refractivity contribution is -0.137. The molecular formula is C26H36N8O3. The van der Waals surface area contributed by atoms with Gasteiger partial charge in [0.2, 0.25) is 5.91 Å². The molecule has 0 radical (unpaired) electrons. The van der Waals surface area contributed by atoms with E-state index < -0.39 is 11.2 Å². The Balaban J connectivity index is 1.15. The van der Waals surface area contributed by atoms with Crippen LogP contribution in [-0.4, -0.2) is 87.0 Å². The maximum Gasteiger partial charge on any atom is 0.354 e. The standard InChI is InChI=1S/C26H36N8O3/c1-25(2,28)22(35)32-10-12-33(13-11-32)23(36)29-20-8-9-34(24(37)30-20)18-6-4-17(5-7-18)14-31-15-19-21(27)26(19,3)16-31/h4-9,19,21H,10-16,27-28H2,1-3H3,(H,29,30,36,37). The van der Waals surface area contributed by atoms with Crippen molar-refractivity contribution >= 4 is 17.8 Å². The molecule has 0 spiro atoms. The van der Waals surface area contributed by atoms with Crippen LogP contribution in [0.4, 0.5) is 10.6 Å². The minimum Gasteiger partial charge on any atom is -0.338 e. The van der Waals surface area contributed by atoms with E-state index in [1.54, 1.807) is 35.9 Å². The van der Waals surface area contributed by atoms with Crippen LogP contribution in [0.25, 0.3) is 5.69 Å². The molecule has 1 aliphatic carbocycles. The molecule has 198 valence electrons. The van der Waals surface area contributed by atoms with Crippen LogP contribution in [0.2, 0.25) is 0 Å². The lowest BCUT2D eigenvalue weighted by Crippen LogP contribution is -2.58. The van der Waals surface area contributed by atoms with Gasteiger partial charge in [-0.05, 0) is 43.5 Å². The first-order valence-corrected chi connectivity index (χ1v) is 12.8. The van der Waals surface area contributed by atoms with E-state index in [9.17, 15) is 14.4 Å². The molecule has 5 rings (SSSR count). The Kier molecular flexibility index (Phi) is 6.33. The van der Waals surface area contributed by atoms with E-state index in [0.29, 0.717) is 43.8 Å². The lowest BCUT2D eigenvalue weighted by Gasteiger charge is -2.37. The Hall–Kier alpha value is -3.28. The number of piperazine rings is 1. The number of urea groups is 1. The van der Waals surface area contributed by atoms with Gasteiger partial charge in [-0.25, -0.2) is 9.59 Å². The number of carbonyl (C=O) groups is 2. The molecule has 2 aromatic rings. The minimum atomic E-state index is -0.945. The van der Waals surface area contributed by atoms with E-state index in [2.05, 4.69) is 22.1 Å². The van der Waals surface area contributed by atoms with Crippen LogP contribution in [0.5, 0.6) is 0 Å². The van der Waals surface area contributed by atoms with Crippen LogP contribution in [0.1, 0.15) is 26.3 Å². The molecule has 3 fully saturated rings. The van der Waals surface area contributed by atoms with Crippen LogP contribution in [0, 0.1) is 11.3 Å². The van der Waals surface area contributed by atoms with Gasteiger partial charge in [-0.15, -0.1) is 0 Å². The third-order valence-electron chi connectivity index (χ3n) is 8.02. The number of hydrogen-bond acceptors (Lipinski definition) is 7. The van der Waals surface area contributed by atoms with Crippen LogP contribution in [0.3, 0.4) is 0 Å². The summed E-state index contributed by atoms with van der Waals surface area (Å²) < 4.78 is 1.45. The summed E-state index contributed by atoms with van der Waals surface area (Å²) in [5.41, 5.74) is 12.8. The molecule has 3 unspecified atom stereocenters. The van der Waals surface area contributed by atoms with Gasteiger partial charge in [0.1, 0.15) is 5.82 Å². The molecule has 1 saturated carbocycles. The average molecular weight is 509 g/mol. The molecule has 3 amide bonds. The quantitative estimate of drug-likeness (QED) is 0.531. The maximum absolute atomic E-state index is 12.7. The largest absolute Gasteiger partial charge is 0.354 e. The third kappa shape index (κ3) is 4.98. The molecule has 1 aromatic carbocycles. The first-order valence-electron chi connectivity index (χ1n) is 12.8. The van der Waals surface area contributed by atoms with Gasteiger partial charge in [0.05, 0.1) is 11.2 Å². The van der Waals surface area contributed by atoms with Crippen molar-refractivity contribution in [1.82, 2.24) is 24.3 Å². The topological polar surface area (TPSA) is 143 Å². The molecule has 2 aliphatic heterocycles. The molecule has 2 saturated heterocycles. The number of benzene rings is 1. The smallest absolute Gasteiger partial charge is 0.338 e. The zero-order valence-electron chi connectivity index (χ0n) is 21.7. The Bertz CT molecular complexity index is 1250. The monoisotopic (exact) mass is 508 g/mol. The van der Waals surface area contributed by atoms with Crippen molar-refractivity contribution in [2.75, 3.05) is 44.6 Å². The van der Waals surface area contributed by atoms with E-state index in [0.717, 1.165) is 19.6 Å².